The van der Waals surface area contributed by atoms with E-state index in [2.05, 4.69) is 16.0 Å². The van der Waals surface area contributed by atoms with Gasteiger partial charge in [0.25, 0.3) is 11.8 Å². The maximum atomic E-state index is 13.1. The fourth-order valence-electron chi connectivity index (χ4n) is 5.61. The van der Waals surface area contributed by atoms with Gasteiger partial charge in [0.15, 0.2) is 0 Å². The third-order valence-electron chi connectivity index (χ3n) is 9.03. The number of ether oxygens (including phenoxy) is 14. The average Bonchev–Trinajstić information content (AvgIpc) is 3.65. The van der Waals surface area contributed by atoms with Crippen LogP contribution in [-0.2, 0) is 85.5 Å². The number of alkyl carbamates (subject to hydrolysis) is 2. The van der Waals surface area contributed by atoms with Crippen LogP contribution in [0.15, 0.2) is 12.2 Å². The number of hydrogen-bond acceptors (Lipinski definition) is 20. The molecule has 0 spiro atoms. The first-order valence-corrected chi connectivity index (χ1v) is 25.0. The van der Waals surface area contributed by atoms with E-state index in [9.17, 15) is 28.8 Å². The topological polar surface area (TPSA) is 274 Å². The Bertz CT molecular complexity index is 1430. The molecule has 3 N–H and O–H groups in total. The average molecular weight is 1050 g/mol. The third-order valence-corrected chi connectivity index (χ3v) is 9.03. The molecule has 0 unspecified atom stereocenters. The number of amides is 6. The summed E-state index contributed by atoms with van der Waals surface area (Å²) in [7, 11) is 0. The molecule has 0 aromatic heterocycles. The van der Waals surface area contributed by atoms with Crippen molar-refractivity contribution in [2.24, 2.45) is 0 Å². The zero-order valence-electron chi connectivity index (χ0n) is 44.3. The predicted molar refractivity (Wildman–Crippen MR) is 263 cm³/mol. The Labute approximate surface area is 431 Å². The maximum absolute atomic E-state index is 13.1. The van der Waals surface area contributed by atoms with Gasteiger partial charge in [-0.3, -0.25) is 24.1 Å². The molecule has 0 aromatic rings. The number of carbonyl (C=O) groups excluding carboxylic acids is 6. The summed E-state index contributed by atoms with van der Waals surface area (Å²) < 4.78 is 76.9. The summed E-state index contributed by atoms with van der Waals surface area (Å²) in [5, 5.41) is 7.93. The first-order valence-electron chi connectivity index (χ1n) is 25.0. The molecule has 0 bridgehead atoms. The van der Waals surface area contributed by atoms with Gasteiger partial charge in [0, 0.05) is 57.8 Å². The summed E-state index contributed by atoms with van der Waals surface area (Å²) in [6.45, 7) is 20.8. The number of hydrogen-bond donors (Lipinski definition) is 3. The molecule has 1 rings (SSSR count). The van der Waals surface area contributed by atoms with E-state index in [4.69, 9.17) is 66.3 Å². The predicted octanol–water partition coefficient (Wildman–Crippen LogP) is 0.885. The molecular weight excluding hydrogens is 967 g/mol. The SMILES string of the molecule is CC(C)(C)OC(=O)NCCOCCOCCOCCN(CCOCCOCCOCCNC(=O)OC(C)(C)C)C(=O)CCOCCOCCOCCOCCOCCOCCNC(=O)CCN1C(=O)C=CC1=O. The molecule has 1 aliphatic rings. The normalized spacial score (nSPS) is 12.7. The molecule has 0 fully saturated rings. The summed E-state index contributed by atoms with van der Waals surface area (Å²) in [6.07, 6.45) is 1.58. The van der Waals surface area contributed by atoms with Crippen molar-refractivity contribution in [3.63, 3.8) is 0 Å². The van der Waals surface area contributed by atoms with Crippen molar-refractivity contribution in [2.45, 2.75) is 65.6 Å². The zero-order valence-corrected chi connectivity index (χ0v) is 44.3. The minimum absolute atomic E-state index is 0.0303. The lowest BCUT2D eigenvalue weighted by Crippen LogP contribution is -2.37. The Kier molecular flexibility index (Phi) is 40.5. The highest BCUT2D eigenvalue weighted by atomic mass is 16.6. The third kappa shape index (κ3) is 43.9. The van der Waals surface area contributed by atoms with Gasteiger partial charge in [-0.15, -0.1) is 0 Å². The van der Waals surface area contributed by atoms with Crippen molar-refractivity contribution in [2.75, 3.05) is 198 Å². The molecule has 0 atom stereocenters. The number of nitrogens with zero attached hydrogens (tertiary/aromatic N) is 2. The molecule has 1 aliphatic heterocycles. The lowest BCUT2D eigenvalue weighted by Gasteiger charge is -2.23. The molecular formula is C48H87N5O20. The Morgan fingerprint density at radius 2 is 0.699 bits per heavy atom. The standard InChI is InChI=1S/C48H87N5O20/c1-47(2,3)72-45(58)50-12-19-62-25-31-67-33-27-64-21-15-52(16-22-65-28-34-68-32-26-63-20-13-51-46(59)73-48(4,5)6)42(55)10-17-60-23-29-66-35-37-70-39-40-71-38-36-69-30-24-61-18-11-49-41(54)9-14-53-43(56)7-8-44(53)57/h7-8H,9-40H2,1-6H3,(H,49,54)(H,50,58)(H,51,59). The molecule has 0 aliphatic carbocycles. The first-order chi connectivity index (χ1) is 35.1. The smallest absolute Gasteiger partial charge is 0.407 e. The van der Waals surface area contributed by atoms with E-state index in [0.29, 0.717) is 185 Å². The van der Waals surface area contributed by atoms with Crippen LogP contribution in [0.2, 0.25) is 0 Å². The number of nitrogens with one attached hydrogen (secondary N) is 3. The van der Waals surface area contributed by atoms with E-state index < -0.39 is 35.2 Å². The number of rotatable bonds is 48. The van der Waals surface area contributed by atoms with Crippen molar-refractivity contribution in [1.29, 1.82) is 0 Å². The van der Waals surface area contributed by atoms with Gasteiger partial charge < -0.3 is 87.2 Å². The van der Waals surface area contributed by atoms with Gasteiger partial charge in [-0.1, -0.05) is 0 Å². The van der Waals surface area contributed by atoms with E-state index in [1.54, 1.807) is 46.4 Å². The second-order valence-corrected chi connectivity index (χ2v) is 17.6. The van der Waals surface area contributed by atoms with Gasteiger partial charge in [-0.2, -0.15) is 0 Å². The molecule has 0 aromatic carbocycles. The molecule has 25 heteroatoms. The van der Waals surface area contributed by atoms with Crippen LogP contribution in [0.25, 0.3) is 0 Å². The Hall–Kier alpha value is -4.12. The fourth-order valence-corrected chi connectivity index (χ4v) is 5.61. The highest BCUT2D eigenvalue weighted by Crippen LogP contribution is 2.07. The highest BCUT2D eigenvalue weighted by molar-refractivity contribution is 6.13. The van der Waals surface area contributed by atoms with Crippen LogP contribution >= 0.6 is 0 Å². The van der Waals surface area contributed by atoms with Gasteiger partial charge in [0.2, 0.25) is 11.8 Å². The number of imide groups is 1. The lowest BCUT2D eigenvalue weighted by molar-refractivity contribution is -0.137. The van der Waals surface area contributed by atoms with Crippen molar-refractivity contribution in [3.8, 4) is 0 Å². The maximum Gasteiger partial charge on any atom is 0.407 e. The monoisotopic (exact) mass is 1050 g/mol. The van der Waals surface area contributed by atoms with Crippen molar-refractivity contribution in [1.82, 2.24) is 25.8 Å². The van der Waals surface area contributed by atoms with Crippen LogP contribution in [0.5, 0.6) is 0 Å². The largest absolute Gasteiger partial charge is 0.444 e. The molecule has 73 heavy (non-hydrogen) atoms. The Morgan fingerprint density at radius 1 is 0.411 bits per heavy atom. The first kappa shape index (κ1) is 66.9. The Morgan fingerprint density at radius 3 is 1.03 bits per heavy atom. The summed E-state index contributed by atoms with van der Waals surface area (Å²) in [5.74, 6) is -1.20. The number of carbonyl (C=O) groups is 6. The highest BCUT2D eigenvalue weighted by Gasteiger charge is 2.23. The van der Waals surface area contributed by atoms with Crippen molar-refractivity contribution >= 4 is 35.8 Å². The van der Waals surface area contributed by atoms with Crippen LogP contribution in [0, 0.1) is 0 Å². The molecule has 1 heterocycles. The summed E-state index contributed by atoms with van der Waals surface area (Å²) in [6, 6.07) is 0. The van der Waals surface area contributed by atoms with Gasteiger partial charge in [0.05, 0.1) is 165 Å². The minimum Gasteiger partial charge on any atom is -0.444 e. The Balaban J connectivity index is 2.11. The van der Waals surface area contributed by atoms with Crippen LogP contribution < -0.4 is 16.0 Å². The van der Waals surface area contributed by atoms with E-state index in [-0.39, 0.29) is 37.8 Å². The van der Waals surface area contributed by atoms with Gasteiger partial charge >= 0.3 is 12.2 Å². The van der Waals surface area contributed by atoms with E-state index in [1.165, 1.54) is 12.2 Å². The van der Waals surface area contributed by atoms with E-state index >= 15 is 0 Å². The van der Waals surface area contributed by atoms with Gasteiger partial charge in [0.1, 0.15) is 11.2 Å². The molecule has 25 nitrogen and oxygen atoms in total. The fraction of sp³-hybridized carbons (Fsp3) is 0.833. The summed E-state index contributed by atoms with van der Waals surface area (Å²) in [4.78, 5) is 74.1. The van der Waals surface area contributed by atoms with Crippen LogP contribution in [0.3, 0.4) is 0 Å². The molecule has 424 valence electrons. The van der Waals surface area contributed by atoms with Crippen LogP contribution in [0.1, 0.15) is 54.4 Å². The second kappa shape index (κ2) is 44.2. The van der Waals surface area contributed by atoms with Crippen LogP contribution in [0.4, 0.5) is 9.59 Å². The minimum atomic E-state index is -0.563. The molecule has 0 saturated heterocycles. The summed E-state index contributed by atoms with van der Waals surface area (Å²) in [5.41, 5.74) is -1.13. The van der Waals surface area contributed by atoms with E-state index in [0.717, 1.165) is 4.90 Å². The van der Waals surface area contributed by atoms with Gasteiger partial charge in [-0.05, 0) is 41.5 Å². The lowest BCUT2D eigenvalue weighted by atomic mass is 10.2. The molecule has 0 saturated carbocycles. The van der Waals surface area contributed by atoms with Crippen molar-refractivity contribution in [3.05, 3.63) is 12.2 Å². The second-order valence-electron chi connectivity index (χ2n) is 17.6. The quantitative estimate of drug-likeness (QED) is 0.0564. The van der Waals surface area contributed by atoms with Crippen LogP contribution in [-0.4, -0.2) is 255 Å². The van der Waals surface area contributed by atoms with Crippen molar-refractivity contribution < 1.29 is 95.1 Å². The molecule has 6 amide bonds. The zero-order chi connectivity index (χ0) is 53.7. The van der Waals surface area contributed by atoms with Gasteiger partial charge in [-0.25, -0.2) is 9.59 Å². The van der Waals surface area contributed by atoms with E-state index in [1.807, 2.05) is 0 Å². The molecule has 0 radical (unpaired) electrons. The summed E-state index contributed by atoms with van der Waals surface area (Å²) >= 11 is 0.